The van der Waals surface area contributed by atoms with Crippen LogP contribution in [0, 0.1) is 10.1 Å². The molecule has 9 nitrogen and oxygen atoms in total. The van der Waals surface area contributed by atoms with Gasteiger partial charge in [-0.2, -0.15) is 4.31 Å². The summed E-state index contributed by atoms with van der Waals surface area (Å²) in [6.07, 6.45) is 0.968. The summed E-state index contributed by atoms with van der Waals surface area (Å²) in [5, 5.41) is 16.0. The third kappa shape index (κ3) is 4.51. The molecule has 3 aromatic rings. The molecule has 1 saturated heterocycles. The highest BCUT2D eigenvalue weighted by Crippen LogP contribution is 2.30. The van der Waals surface area contributed by atoms with Crippen LogP contribution >= 0.6 is 22.9 Å². The maximum Gasteiger partial charge on any atom is 0.269 e. The minimum Gasteiger partial charge on any atom is -0.301 e. The highest BCUT2D eigenvalue weighted by Gasteiger charge is 2.39. The normalized spacial score (nSPS) is 16.7. The van der Waals surface area contributed by atoms with Gasteiger partial charge < -0.3 is 5.32 Å². The van der Waals surface area contributed by atoms with Crippen molar-refractivity contribution >= 4 is 49.7 Å². The van der Waals surface area contributed by atoms with Crippen LogP contribution in [-0.4, -0.2) is 41.1 Å². The summed E-state index contributed by atoms with van der Waals surface area (Å²) < 4.78 is 27.2. The largest absolute Gasteiger partial charge is 0.301 e. The summed E-state index contributed by atoms with van der Waals surface area (Å²) in [4.78, 5) is 27.6. The molecule has 1 aliphatic rings. The maximum absolute atomic E-state index is 13.0. The van der Waals surface area contributed by atoms with E-state index in [1.165, 1.54) is 52.0 Å². The van der Waals surface area contributed by atoms with Crippen molar-refractivity contribution in [2.75, 3.05) is 11.9 Å². The van der Waals surface area contributed by atoms with Gasteiger partial charge in [0.25, 0.3) is 5.69 Å². The van der Waals surface area contributed by atoms with Crippen LogP contribution in [0.25, 0.3) is 11.3 Å². The van der Waals surface area contributed by atoms with E-state index in [-0.39, 0.29) is 17.1 Å². The van der Waals surface area contributed by atoms with E-state index in [1.807, 2.05) is 0 Å². The molecule has 0 bridgehead atoms. The second kappa shape index (κ2) is 8.94. The molecule has 1 aromatic heterocycles. The van der Waals surface area contributed by atoms with Crippen molar-refractivity contribution in [3.63, 3.8) is 0 Å². The Labute approximate surface area is 192 Å². The number of nitrogens with zero attached hydrogens (tertiary/aromatic N) is 3. The maximum atomic E-state index is 13.0. The Morgan fingerprint density at radius 1 is 1.19 bits per heavy atom. The van der Waals surface area contributed by atoms with Crippen molar-refractivity contribution in [3.05, 3.63) is 69.0 Å². The van der Waals surface area contributed by atoms with Crippen LogP contribution in [0.1, 0.15) is 12.8 Å². The Morgan fingerprint density at radius 3 is 2.53 bits per heavy atom. The predicted octanol–water partition coefficient (Wildman–Crippen LogP) is 4.16. The summed E-state index contributed by atoms with van der Waals surface area (Å²) in [7, 11) is -3.85. The fraction of sp³-hybridized carbons (Fsp3) is 0.200. The number of carbonyl (C=O) groups excluding carboxylic acids is 1. The lowest BCUT2D eigenvalue weighted by Gasteiger charge is -2.23. The number of non-ortho nitro benzene ring substituents is 1. The van der Waals surface area contributed by atoms with Gasteiger partial charge in [-0.25, -0.2) is 13.4 Å². The Bertz CT molecular complexity index is 1260. The zero-order valence-electron chi connectivity index (χ0n) is 16.5. The summed E-state index contributed by atoms with van der Waals surface area (Å²) in [5.41, 5.74) is 1.19. The number of amides is 1. The van der Waals surface area contributed by atoms with Crippen molar-refractivity contribution in [1.29, 1.82) is 0 Å². The number of hydrogen-bond acceptors (Lipinski definition) is 7. The molecule has 1 fully saturated rings. The Hall–Kier alpha value is -2.86. The fourth-order valence-electron chi connectivity index (χ4n) is 3.44. The van der Waals surface area contributed by atoms with E-state index in [0.717, 1.165) is 0 Å². The number of nitro groups is 1. The van der Waals surface area contributed by atoms with Crippen molar-refractivity contribution in [3.8, 4) is 11.3 Å². The monoisotopic (exact) mass is 492 g/mol. The first-order valence-corrected chi connectivity index (χ1v) is 12.2. The molecule has 1 atom stereocenters. The van der Waals surface area contributed by atoms with E-state index in [0.29, 0.717) is 34.3 Å². The standard InChI is InChI=1S/C20H17ClN4O5S2/c21-14-5-9-16(10-6-14)32(29,30)24-11-1-2-18(24)19(26)23-20-22-17(12-31-20)13-3-7-15(8-4-13)25(27)28/h3-10,12,18H,1-2,11H2,(H,22,23,26). The average Bonchev–Trinajstić information content (AvgIpc) is 3.44. The van der Waals surface area contributed by atoms with Crippen molar-refractivity contribution in [2.45, 2.75) is 23.8 Å². The number of thiazole rings is 1. The van der Waals surface area contributed by atoms with E-state index < -0.39 is 26.9 Å². The minimum absolute atomic E-state index is 0.0271. The summed E-state index contributed by atoms with van der Waals surface area (Å²) >= 11 is 7.04. The zero-order valence-corrected chi connectivity index (χ0v) is 18.9. The molecule has 1 aliphatic heterocycles. The fourth-order valence-corrected chi connectivity index (χ4v) is 5.94. The number of benzene rings is 2. The molecule has 0 radical (unpaired) electrons. The van der Waals surface area contributed by atoms with E-state index in [2.05, 4.69) is 10.3 Å². The summed E-state index contributed by atoms with van der Waals surface area (Å²) in [6, 6.07) is 10.9. The number of sulfonamides is 1. The van der Waals surface area contributed by atoms with Gasteiger partial charge in [-0.1, -0.05) is 11.6 Å². The van der Waals surface area contributed by atoms with Crippen LogP contribution in [0.5, 0.6) is 0 Å². The molecule has 2 aromatic carbocycles. The third-order valence-corrected chi connectivity index (χ3v) is 7.97. The number of anilines is 1. The molecular formula is C20H17ClN4O5S2. The van der Waals surface area contributed by atoms with Crippen LogP contribution in [0.4, 0.5) is 10.8 Å². The van der Waals surface area contributed by atoms with E-state index in [1.54, 1.807) is 17.5 Å². The second-order valence-electron chi connectivity index (χ2n) is 7.06. The summed E-state index contributed by atoms with van der Waals surface area (Å²) in [5.74, 6) is -0.454. The second-order valence-corrected chi connectivity index (χ2v) is 10.2. The summed E-state index contributed by atoms with van der Waals surface area (Å²) in [6.45, 7) is 0.245. The van der Waals surface area contributed by atoms with Gasteiger partial charge in [0.1, 0.15) is 6.04 Å². The van der Waals surface area contributed by atoms with Crippen molar-refractivity contribution < 1.29 is 18.1 Å². The molecule has 166 valence electrons. The molecule has 0 spiro atoms. The van der Waals surface area contributed by atoms with E-state index >= 15 is 0 Å². The quantitative estimate of drug-likeness (QED) is 0.407. The molecule has 0 saturated carbocycles. The van der Waals surface area contributed by atoms with Crippen LogP contribution in [-0.2, 0) is 14.8 Å². The third-order valence-electron chi connectivity index (χ3n) is 5.03. The van der Waals surface area contributed by atoms with Gasteiger partial charge in [0, 0.05) is 34.6 Å². The highest BCUT2D eigenvalue weighted by atomic mass is 35.5. The van der Waals surface area contributed by atoms with Gasteiger partial charge in [-0.15, -0.1) is 11.3 Å². The number of nitrogens with one attached hydrogen (secondary N) is 1. The van der Waals surface area contributed by atoms with Gasteiger partial charge in [-0.3, -0.25) is 14.9 Å². The lowest BCUT2D eigenvalue weighted by atomic mass is 10.1. The van der Waals surface area contributed by atoms with Crippen LogP contribution in [0.3, 0.4) is 0 Å². The zero-order chi connectivity index (χ0) is 22.9. The number of nitro benzene ring substituents is 1. The first-order valence-electron chi connectivity index (χ1n) is 9.54. The van der Waals surface area contributed by atoms with Crippen molar-refractivity contribution in [1.82, 2.24) is 9.29 Å². The Balaban J connectivity index is 1.49. The minimum atomic E-state index is -3.85. The molecule has 1 N–H and O–H groups in total. The molecule has 1 unspecified atom stereocenters. The number of rotatable bonds is 6. The number of halogens is 1. The van der Waals surface area contributed by atoms with Gasteiger partial charge in [-0.05, 0) is 49.2 Å². The first-order chi connectivity index (χ1) is 15.3. The number of hydrogen-bond donors (Lipinski definition) is 1. The average molecular weight is 493 g/mol. The molecule has 4 rings (SSSR count). The molecule has 0 aliphatic carbocycles. The number of carbonyl (C=O) groups is 1. The van der Waals surface area contributed by atoms with Crippen LogP contribution < -0.4 is 5.32 Å². The SMILES string of the molecule is O=C(Nc1nc(-c2ccc([N+](=O)[O-])cc2)cs1)C1CCCN1S(=O)(=O)c1ccc(Cl)cc1. The predicted molar refractivity (Wildman–Crippen MR) is 121 cm³/mol. The van der Waals surface area contributed by atoms with E-state index in [9.17, 15) is 23.3 Å². The Morgan fingerprint density at radius 2 is 1.88 bits per heavy atom. The molecule has 1 amide bonds. The Kier molecular flexibility index (Phi) is 6.24. The molecular weight excluding hydrogens is 476 g/mol. The highest BCUT2D eigenvalue weighted by molar-refractivity contribution is 7.89. The van der Waals surface area contributed by atoms with Gasteiger partial charge in [0.2, 0.25) is 15.9 Å². The molecule has 32 heavy (non-hydrogen) atoms. The van der Waals surface area contributed by atoms with E-state index in [4.69, 9.17) is 11.6 Å². The topological polar surface area (TPSA) is 123 Å². The number of aromatic nitrogens is 1. The van der Waals surface area contributed by atoms with Crippen LogP contribution in [0.2, 0.25) is 5.02 Å². The van der Waals surface area contributed by atoms with Crippen LogP contribution in [0.15, 0.2) is 58.8 Å². The van der Waals surface area contributed by atoms with Gasteiger partial charge >= 0.3 is 0 Å². The van der Waals surface area contributed by atoms with Gasteiger partial charge in [0.05, 0.1) is 15.5 Å². The molecule has 12 heteroatoms. The lowest BCUT2D eigenvalue weighted by Crippen LogP contribution is -2.43. The smallest absolute Gasteiger partial charge is 0.269 e. The first kappa shape index (κ1) is 22.3. The lowest BCUT2D eigenvalue weighted by molar-refractivity contribution is -0.384. The van der Waals surface area contributed by atoms with Crippen molar-refractivity contribution in [2.24, 2.45) is 0 Å². The van der Waals surface area contributed by atoms with Gasteiger partial charge in [0.15, 0.2) is 5.13 Å². The molecule has 2 heterocycles.